The van der Waals surface area contributed by atoms with Gasteiger partial charge in [0, 0.05) is 18.7 Å². The van der Waals surface area contributed by atoms with Crippen LogP contribution in [0.25, 0.3) is 0 Å². The van der Waals surface area contributed by atoms with Crippen LogP contribution in [-0.2, 0) is 0 Å². The summed E-state index contributed by atoms with van der Waals surface area (Å²) in [5.41, 5.74) is 0.759. The lowest BCUT2D eigenvalue weighted by atomic mass is 9.94. The van der Waals surface area contributed by atoms with Crippen LogP contribution in [0.5, 0.6) is 0 Å². The third-order valence-electron chi connectivity index (χ3n) is 3.82. The quantitative estimate of drug-likeness (QED) is 0.910. The van der Waals surface area contributed by atoms with Gasteiger partial charge in [0.25, 0.3) is 5.91 Å². The monoisotopic (exact) mass is 261 g/mol. The molecule has 0 aromatic heterocycles. The highest BCUT2D eigenvalue weighted by Crippen LogP contribution is 2.22. The predicted molar refractivity (Wildman–Crippen MR) is 72.4 cm³/mol. The van der Waals surface area contributed by atoms with E-state index in [1.54, 1.807) is 17.0 Å². The molecule has 0 saturated heterocycles. The maximum Gasteiger partial charge on any atom is 0.335 e. The van der Waals surface area contributed by atoms with E-state index in [0.29, 0.717) is 11.6 Å². The van der Waals surface area contributed by atoms with Crippen LogP contribution in [0.2, 0.25) is 0 Å². The molecular weight excluding hydrogens is 242 g/mol. The van der Waals surface area contributed by atoms with Crippen LogP contribution >= 0.6 is 0 Å². The molecule has 1 amide bonds. The molecule has 1 aliphatic carbocycles. The highest BCUT2D eigenvalue weighted by Gasteiger charge is 2.22. The van der Waals surface area contributed by atoms with E-state index in [0.717, 1.165) is 12.8 Å². The smallest absolute Gasteiger partial charge is 0.335 e. The Morgan fingerprint density at radius 3 is 2.11 bits per heavy atom. The van der Waals surface area contributed by atoms with E-state index in [2.05, 4.69) is 0 Å². The van der Waals surface area contributed by atoms with Gasteiger partial charge in [-0.1, -0.05) is 19.3 Å². The Morgan fingerprint density at radius 2 is 1.58 bits per heavy atom. The minimum atomic E-state index is -0.973. The topological polar surface area (TPSA) is 57.6 Å². The molecule has 0 atom stereocenters. The van der Waals surface area contributed by atoms with Crippen molar-refractivity contribution < 1.29 is 14.7 Å². The van der Waals surface area contributed by atoms with Crippen LogP contribution in [0.15, 0.2) is 24.3 Å². The molecule has 0 spiro atoms. The number of carbonyl (C=O) groups is 2. The first-order valence-electron chi connectivity index (χ1n) is 6.70. The highest BCUT2D eigenvalue weighted by atomic mass is 16.4. The molecule has 0 heterocycles. The molecule has 2 rings (SSSR count). The normalized spacial score (nSPS) is 16.1. The standard InChI is InChI=1S/C15H19NO3/c1-16(13-5-3-2-4-6-13)14(17)11-7-9-12(10-8-11)15(18)19/h7-10,13H,2-6H2,1H3,(H,18,19). The molecule has 102 valence electrons. The Balaban J connectivity index is 2.07. The summed E-state index contributed by atoms with van der Waals surface area (Å²) in [7, 11) is 1.84. The Bertz CT molecular complexity index is 461. The molecule has 1 fully saturated rings. The lowest BCUT2D eigenvalue weighted by molar-refractivity contribution is 0.0683. The first-order chi connectivity index (χ1) is 9.09. The van der Waals surface area contributed by atoms with Crippen molar-refractivity contribution in [1.82, 2.24) is 4.90 Å². The molecule has 0 bridgehead atoms. The Labute approximate surface area is 113 Å². The molecule has 4 nitrogen and oxygen atoms in total. The third-order valence-corrected chi connectivity index (χ3v) is 3.82. The van der Waals surface area contributed by atoms with Gasteiger partial charge in [0.15, 0.2) is 0 Å². The van der Waals surface area contributed by atoms with Crippen molar-refractivity contribution in [1.29, 1.82) is 0 Å². The second-order valence-electron chi connectivity index (χ2n) is 5.09. The van der Waals surface area contributed by atoms with Crippen molar-refractivity contribution in [2.75, 3.05) is 7.05 Å². The lowest BCUT2D eigenvalue weighted by Crippen LogP contribution is -2.38. The highest BCUT2D eigenvalue weighted by molar-refractivity contribution is 5.95. The SMILES string of the molecule is CN(C(=O)c1ccc(C(=O)O)cc1)C1CCCCC1. The molecule has 1 aromatic carbocycles. The van der Waals surface area contributed by atoms with Gasteiger partial charge in [-0.25, -0.2) is 4.79 Å². The number of nitrogens with zero attached hydrogens (tertiary/aromatic N) is 1. The van der Waals surface area contributed by atoms with E-state index in [1.165, 1.54) is 31.4 Å². The van der Waals surface area contributed by atoms with Crippen molar-refractivity contribution in [2.45, 2.75) is 38.1 Å². The second-order valence-corrected chi connectivity index (χ2v) is 5.09. The van der Waals surface area contributed by atoms with Gasteiger partial charge >= 0.3 is 5.97 Å². The molecule has 0 radical (unpaired) electrons. The first kappa shape index (κ1) is 13.6. The summed E-state index contributed by atoms with van der Waals surface area (Å²) in [5, 5.41) is 8.83. The molecule has 0 aliphatic heterocycles. The summed E-state index contributed by atoms with van der Waals surface area (Å²) in [6.45, 7) is 0. The van der Waals surface area contributed by atoms with Crippen molar-refractivity contribution in [2.24, 2.45) is 0 Å². The van der Waals surface area contributed by atoms with Crippen LogP contribution in [0.3, 0.4) is 0 Å². The van der Waals surface area contributed by atoms with E-state index in [9.17, 15) is 9.59 Å². The van der Waals surface area contributed by atoms with Crippen LogP contribution < -0.4 is 0 Å². The molecule has 19 heavy (non-hydrogen) atoms. The van der Waals surface area contributed by atoms with Crippen LogP contribution in [0.1, 0.15) is 52.8 Å². The molecule has 4 heteroatoms. The predicted octanol–water partition coefficient (Wildman–Crippen LogP) is 2.79. The molecule has 1 saturated carbocycles. The maximum absolute atomic E-state index is 12.3. The fourth-order valence-electron chi connectivity index (χ4n) is 2.59. The average Bonchev–Trinajstić information content (AvgIpc) is 2.46. The maximum atomic E-state index is 12.3. The number of carboxylic acid groups (broad SMARTS) is 1. The van der Waals surface area contributed by atoms with Gasteiger partial charge in [0.2, 0.25) is 0 Å². The Hall–Kier alpha value is -1.84. The number of aromatic carboxylic acids is 1. The average molecular weight is 261 g/mol. The van der Waals surface area contributed by atoms with Gasteiger partial charge in [-0.2, -0.15) is 0 Å². The summed E-state index contributed by atoms with van der Waals surface area (Å²) in [5.74, 6) is -0.997. The summed E-state index contributed by atoms with van der Waals surface area (Å²) in [6.07, 6.45) is 5.75. The summed E-state index contributed by atoms with van der Waals surface area (Å²) >= 11 is 0. The minimum Gasteiger partial charge on any atom is -0.478 e. The van der Waals surface area contributed by atoms with Crippen molar-refractivity contribution in [3.63, 3.8) is 0 Å². The third kappa shape index (κ3) is 3.13. The van der Waals surface area contributed by atoms with Crippen molar-refractivity contribution in [3.05, 3.63) is 35.4 Å². The zero-order valence-electron chi connectivity index (χ0n) is 11.1. The number of hydrogen-bond acceptors (Lipinski definition) is 2. The van der Waals surface area contributed by atoms with E-state index in [1.807, 2.05) is 7.05 Å². The lowest BCUT2D eigenvalue weighted by Gasteiger charge is -2.31. The number of rotatable bonds is 3. The Morgan fingerprint density at radius 1 is 1.05 bits per heavy atom. The number of amides is 1. The van der Waals surface area contributed by atoms with Crippen molar-refractivity contribution in [3.8, 4) is 0 Å². The molecule has 1 aliphatic rings. The van der Waals surface area contributed by atoms with Gasteiger partial charge in [-0.15, -0.1) is 0 Å². The van der Waals surface area contributed by atoms with Crippen molar-refractivity contribution >= 4 is 11.9 Å². The largest absolute Gasteiger partial charge is 0.478 e. The van der Waals surface area contributed by atoms with E-state index in [4.69, 9.17) is 5.11 Å². The molecule has 1 aromatic rings. The van der Waals surface area contributed by atoms with Crippen LogP contribution in [0.4, 0.5) is 0 Å². The van der Waals surface area contributed by atoms with Gasteiger partial charge in [-0.3, -0.25) is 4.79 Å². The first-order valence-corrected chi connectivity index (χ1v) is 6.70. The fraction of sp³-hybridized carbons (Fsp3) is 0.467. The summed E-state index contributed by atoms with van der Waals surface area (Å²) in [4.78, 5) is 24.9. The second kappa shape index (κ2) is 5.87. The van der Waals surface area contributed by atoms with Gasteiger partial charge in [0.05, 0.1) is 5.56 Å². The fourth-order valence-corrected chi connectivity index (χ4v) is 2.59. The summed E-state index contributed by atoms with van der Waals surface area (Å²) in [6, 6.07) is 6.45. The van der Waals surface area contributed by atoms with Gasteiger partial charge in [0.1, 0.15) is 0 Å². The van der Waals surface area contributed by atoms with Crippen LogP contribution in [0, 0.1) is 0 Å². The van der Waals surface area contributed by atoms with E-state index in [-0.39, 0.29) is 11.5 Å². The number of carbonyl (C=O) groups excluding carboxylic acids is 1. The minimum absolute atomic E-state index is 0.0242. The zero-order valence-corrected chi connectivity index (χ0v) is 11.1. The molecular formula is C15H19NO3. The molecule has 0 unspecified atom stereocenters. The molecule has 1 N–H and O–H groups in total. The van der Waals surface area contributed by atoms with E-state index < -0.39 is 5.97 Å². The summed E-state index contributed by atoms with van der Waals surface area (Å²) < 4.78 is 0. The number of hydrogen-bond donors (Lipinski definition) is 1. The van der Waals surface area contributed by atoms with Gasteiger partial charge < -0.3 is 10.0 Å². The van der Waals surface area contributed by atoms with Crippen LogP contribution in [-0.4, -0.2) is 35.0 Å². The van der Waals surface area contributed by atoms with E-state index >= 15 is 0 Å². The zero-order chi connectivity index (χ0) is 13.8. The Kier molecular flexibility index (Phi) is 4.20. The number of benzene rings is 1. The number of carboxylic acids is 1. The van der Waals surface area contributed by atoms with Gasteiger partial charge in [-0.05, 0) is 37.1 Å².